The number of benzene rings is 1. The molecule has 6 heteroatoms. The second-order valence-electron chi connectivity index (χ2n) is 5.16. The van der Waals surface area contributed by atoms with Crippen LogP contribution in [0.5, 0.6) is 0 Å². The molecular formula is C14H16Cl2N4. The maximum atomic E-state index is 6.06. The fourth-order valence-electron chi connectivity index (χ4n) is 2.56. The van der Waals surface area contributed by atoms with Crippen molar-refractivity contribution in [2.24, 2.45) is 5.73 Å². The summed E-state index contributed by atoms with van der Waals surface area (Å²) < 4.78 is 1.95. The van der Waals surface area contributed by atoms with Crippen LogP contribution in [0.1, 0.15) is 42.1 Å². The van der Waals surface area contributed by atoms with E-state index in [9.17, 15) is 0 Å². The van der Waals surface area contributed by atoms with Crippen LogP contribution in [0, 0.1) is 0 Å². The largest absolute Gasteiger partial charge is 0.325 e. The standard InChI is InChI=1S/C14H16Cl2N4/c15-11-5-4-9(6-12(11)16)8-20-14(10-2-1-3-10)13(7-17)18-19-20/h4-6,10H,1-3,7-8,17H2. The molecule has 106 valence electrons. The SMILES string of the molecule is NCc1nnn(Cc2ccc(Cl)c(Cl)c2)c1C1CCC1. The number of nitrogens with two attached hydrogens (primary N) is 1. The Hall–Kier alpha value is -1.10. The molecule has 0 bridgehead atoms. The Kier molecular flexibility index (Phi) is 3.96. The van der Waals surface area contributed by atoms with Crippen LogP contribution in [0.15, 0.2) is 18.2 Å². The molecule has 2 N–H and O–H groups in total. The van der Waals surface area contributed by atoms with Crippen LogP contribution in [-0.4, -0.2) is 15.0 Å². The van der Waals surface area contributed by atoms with Gasteiger partial charge in [0.05, 0.1) is 28.0 Å². The van der Waals surface area contributed by atoms with E-state index in [4.69, 9.17) is 28.9 Å². The molecule has 1 fully saturated rings. The predicted molar refractivity (Wildman–Crippen MR) is 80.1 cm³/mol. The van der Waals surface area contributed by atoms with Crippen LogP contribution in [-0.2, 0) is 13.1 Å². The van der Waals surface area contributed by atoms with E-state index in [1.54, 1.807) is 0 Å². The highest BCUT2D eigenvalue weighted by Gasteiger charge is 2.27. The Morgan fingerprint density at radius 1 is 1.25 bits per heavy atom. The molecule has 0 saturated heterocycles. The first kappa shape index (κ1) is 13.9. The van der Waals surface area contributed by atoms with Gasteiger partial charge in [0.2, 0.25) is 0 Å². The summed E-state index contributed by atoms with van der Waals surface area (Å²) in [5, 5.41) is 9.58. The molecule has 0 spiro atoms. The third kappa shape index (κ3) is 2.55. The molecule has 4 nitrogen and oxygen atoms in total. The number of rotatable bonds is 4. The van der Waals surface area contributed by atoms with Crippen LogP contribution in [0.2, 0.25) is 10.0 Å². The van der Waals surface area contributed by atoms with Crippen molar-refractivity contribution in [3.63, 3.8) is 0 Å². The van der Waals surface area contributed by atoms with Crippen molar-refractivity contribution in [2.75, 3.05) is 0 Å². The van der Waals surface area contributed by atoms with Gasteiger partial charge in [-0.05, 0) is 30.5 Å². The topological polar surface area (TPSA) is 56.7 Å². The van der Waals surface area contributed by atoms with Crippen molar-refractivity contribution in [2.45, 2.75) is 38.3 Å². The molecule has 1 aliphatic carbocycles. The molecule has 20 heavy (non-hydrogen) atoms. The van der Waals surface area contributed by atoms with E-state index in [1.165, 1.54) is 25.0 Å². The van der Waals surface area contributed by atoms with Crippen molar-refractivity contribution in [1.29, 1.82) is 0 Å². The molecule has 2 aromatic rings. The number of halogens is 2. The first-order valence-corrected chi connectivity index (χ1v) is 7.51. The van der Waals surface area contributed by atoms with Crippen molar-refractivity contribution in [3.05, 3.63) is 45.2 Å². The average Bonchev–Trinajstić information content (AvgIpc) is 2.75. The minimum Gasteiger partial charge on any atom is -0.325 e. The molecular weight excluding hydrogens is 295 g/mol. The zero-order chi connectivity index (χ0) is 14.1. The summed E-state index contributed by atoms with van der Waals surface area (Å²) in [6.07, 6.45) is 3.66. The monoisotopic (exact) mass is 310 g/mol. The van der Waals surface area contributed by atoms with Gasteiger partial charge in [-0.3, -0.25) is 0 Å². The summed E-state index contributed by atoms with van der Waals surface area (Å²) in [5.74, 6) is 0.548. The van der Waals surface area contributed by atoms with Gasteiger partial charge in [0.15, 0.2) is 0 Å². The van der Waals surface area contributed by atoms with E-state index in [0.717, 1.165) is 11.3 Å². The maximum Gasteiger partial charge on any atom is 0.0997 e. The van der Waals surface area contributed by atoms with Gasteiger partial charge in [0, 0.05) is 12.5 Å². The Balaban J connectivity index is 1.89. The number of nitrogens with zero attached hydrogens (tertiary/aromatic N) is 3. The van der Waals surface area contributed by atoms with E-state index >= 15 is 0 Å². The van der Waals surface area contributed by atoms with Gasteiger partial charge in [-0.25, -0.2) is 4.68 Å². The number of aromatic nitrogens is 3. The van der Waals surface area contributed by atoms with E-state index in [1.807, 2.05) is 22.9 Å². The summed E-state index contributed by atoms with van der Waals surface area (Å²) in [6.45, 7) is 1.09. The van der Waals surface area contributed by atoms with Gasteiger partial charge in [-0.1, -0.05) is 40.9 Å². The Bertz CT molecular complexity index is 620. The lowest BCUT2D eigenvalue weighted by Gasteiger charge is -2.26. The maximum absolute atomic E-state index is 6.06. The highest BCUT2D eigenvalue weighted by atomic mass is 35.5. The van der Waals surface area contributed by atoms with Crippen molar-refractivity contribution >= 4 is 23.2 Å². The van der Waals surface area contributed by atoms with Crippen molar-refractivity contribution in [1.82, 2.24) is 15.0 Å². The summed E-state index contributed by atoms with van der Waals surface area (Å²) in [6, 6.07) is 5.64. The molecule has 1 saturated carbocycles. The fourth-order valence-corrected chi connectivity index (χ4v) is 2.88. The number of hydrogen-bond donors (Lipinski definition) is 1. The zero-order valence-electron chi connectivity index (χ0n) is 11.0. The molecule has 1 aliphatic rings. The third-order valence-corrected chi connectivity index (χ3v) is 4.59. The summed E-state index contributed by atoms with van der Waals surface area (Å²) in [7, 11) is 0. The van der Waals surface area contributed by atoms with Gasteiger partial charge in [0.1, 0.15) is 0 Å². The number of hydrogen-bond acceptors (Lipinski definition) is 3. The molecule has 3 rings (SSSR count). The van der Waals surface area contributed by atoms with Crippen LogP contribution >= 0.6 is 23.2 Å². The van der Waals surface area contributed by atoms with Gasteiger partial charge in [-0.2, -0.15) is 0 Å². The first-order chi connectivity index (χ1) is 9.69. The minimum absolute atomic E-state index is 0.438. The molecule has 1 aromatic carbocycles. The summed E-state index contributed by atoms with van der Waals surface area (Å²) in [4.78, 5) is 0. The highest BCUT2D eigenvalue weighted by Crippen LogP contribution is 2.37. The summed E-state index contributed by atoms with van der Waals surface area (Å²) >= 11 is 12.0. The fraction of sp³-hybridized carbons (Fsp3) is 0.429. The molecule has 0 radical (unpaired) electrons. The van der Waals surface area contributed by atoms with E-state index in [0.29, 0.717) is 29.1 Å². The Labute approximate surface area is 127 Å². The smallest absolute Gasteiger partial charge is 0.0997 e. The summed E-state index contributed by atoms with van der Waals surface area (Å²) in [5.41, 5.74) is 8.92. The van der Waals surface area contributed by atoms with Crippen molar-refractivity contribution < 1.29 is 0 Å². The van der Waals surface area contributed by atoms with Crippen molar-refractivity contribution in [3.8, 4) is 0 Å². The Morgan fingerprint density at radius 2 is 2.05 bits per heavy atom. The predicted octanol–water partition coefficient (Wildman–Crippen LogP) is 3.36. The lowest BCUT2D eigenvalue weighted by atomic mass is 9.82. The van der Waals surface area contributed by atoms with Crippen LogP contribution in [0.4, 0.5) is 0 Å². The van der Waals surface area contributed by atoms with Crippen LogP contribution in [0.25, 0.3) is 0 Å². The normalized spacial score (nSPS) is 15.3. The first-order valence-electron chi connectivity index (χ1n) is 6.75. The van der Waals surface area contributed by atoms with E-state index < -0.39 is 0 Å². The lowest BCUT2D eigenvalue weighted by Crippen LogP contribution is -2.18. The molecule has 0 atom stereocenters. The molecule has 0 unspecified atom stereocenters. The second-order valence-corrected chi connectivity index (χ2v) is 5.97. The lowest BCUT2D eigenvalue weighted by molar-refractivity contribution is 0.390. The van der Waals surface area contributed by atoms with Gasteiger partial charge in [-0.15, -0.1) is 5.10 Å². The van der Waals surface area contributed by atoms with Crippen LogP contribution in [0.3, 0.4) is 0 Å². The highest BCUT2D eigenvalue weighted by molar-refractivity contribution is 6.42. The Morgan fingerprint density at radius 3 is 2.65 bits per heavy atom. The average molecular weight is 311 g/mol. The second kappa shape index (κ2) is 5.72. The van der Waals surface area contributed by atoms with E-state index in [2.05, 4.69) is 10.3 Å². The van der Waals surface area contributed by atoms with Gasteiger partial charge >= 0.3 is 0 Å². The molecule has 0 amide bonds. The minimum atomic E-state index is 0.438. The quantitative estimate of drug-likeness (QED) is 0.942. The van der Waals surface area contributed by atoms with Gasteiger partial charge in [0.25, 0.3) is 0 Å². The van der Waals surface area contributed by atoms with Gasteiger partial charge < -0.3 is 5.73 Å². The third-order valence-electron chi connectivity index (χ3n) is 3.85. The van der Waals surface area contributed by atoms with Crippen LogP contribution < -0.4 is 5.73 Å². The molecule has 1 heterocycles. The molecule has 1 aromatic heterocycles. The van der Waals surface area contributed by atoms with E-state index in [-0.39, 0.29) is 0 Å². The zero-order valence-corrected chi connectivity index (χ0v) is 12.5. The molecule has 0 aliphatic heterocycles.